The van der Waals surface area contributed by atoms with Gasteiger partial charge >= 0.3 is 6.03 Å². The van der Waals surface area contributed by atoms with Crippen LogP contribution in [0.25, 0.3) is 0 Å². The van der Waals surface area contributed by atoms with E-state index in [0.29, 0.717) is 61.3 Å². The molecule has 3 atom stereocenters. The Balaban J connectivity index is 1.06. The van der Waals surface area contributed by atoms with Gasteiger partial charge in [-0.15, -0.1) is 0 Å². The number of hydrogen-bond donors (Lipinski definition) is 2. The van der Waals surface area contributed by atoms with Gasteiger partial charge in [0.15, 0.2) is 0 Å². The number of ether oxygens (including phenoxy) is 2. The van der Waals surface area contributed by atoms with Crippen molar-refractivity contribution in [3.05, 3.63) is 83.6 Å². The molecule has 240 valence electrons. The highest BCUT2D eigenvalue weighted by Gasteiger charge is 2.47. The molecule has 2 aromatic carbocycles. The monoisotopic (exact) mass is 650 g/mol. The number of benzene rings is 2. The van der Waals surface area contributed by atoms with Gasteiger partial charge in [-0.05, 0) is 61.7 Å². The molecule has 0 bridgehead atoms. The lowest BCUT2D eigenvalue weighted by Gasteiger charge is -2.37. The number of piperidine rings is 1. The largest absolute Gasteiger partial charge is 0.457 e. The van der Waals surface area contributed by atoms with E-state index in [9.17, 15) is 19.6 Å². The Kier molecular flexibility index (Phi) is 8.11. The Morgan fingerprint density at radius 1 is 1.17 bits per heavy atom. The molecule has 4 amide bonds. The van der Waals surface area contributed by atoms with Crippen molar-refractivity contribution < 1.29 is 23.9 Å². The third-order valence-corrected chi connectivity index (χ3v) is 10.2. The molecule has 7 rings (SSSR count). The fourth-order valence-corrected chi connectivity index (χ4v) is 7.80. The second-order valence-corrected chi connectivity index (χ2v) is 13.8. The summed E-state index contributed by atoms with van der Waals surface area (Å²) in [6.45, 7) is 5.66. The highest BCUT2D eigenvalue weighted by atomic mass is 32.2. The van der Waals surface area contributed by atoms with Crippen LogP contribution in [0.15, 0.2) is 77.5 Å². The number of aromatic nitrogens is 1. The molecule has 0 radical (unpaired) electrons. The molecule has 0 saturated carbocycles. The molecule has 0 aliphatic carbocycles. The molecular weight excluding hydrogens is 616 g/mol. The quantitative estimate of drug-likeness (QED) is 0.265. The second-order valence-electron chi connectivity index (χ2n) is 12.6. The highest BCUT2D eigenvalue weighted by Crippen LogP contribution is 2.51. The molecule has 47 heavy (non-hydrogen) atoms. The molecule has 4 aliphatic heterocycles. The number of nitrogens with one attached hydrogen (secondary N) is 2. The van der Waals surface area contributed by atoms with Gasteiger partial charge in [0.2, 0.25) is 5.91 Å². The molecule has 0 spiro atoms. The molecule has 3 aromatic rings. The average Bonchev–Trinajstić information content (AvgIpc) is 3.43. The number of carbonyl (C=O) groups is 3. The van der Waals surface area contributed by atoms with Crippen LogP contribution >= 0.6 is 11.8 Å². The Morgan fingerprint density at radius 3 is 2.70 bits per heavy atom. The number of para-hydroxylation sites is 1. The summed E-state index contributed by atoms with van der Waals surface area (Å²) in [4.78, 5) is 48.5. The predicted octanol–water partition coefficient (Wildman–Crippen LogP) is 5.15. The van der Waals surface area contributed by atoms with Crippen molar-refractivity contribution >= 4 is 41.0 Å². The van der Waals surface area contributed by atoms with E-state index in [1.54, 1.807) is 28.1 Å². The summed E-state index contributed by atoms with van der Waals surface area (Å²) in [6, 6.07) is 17.8. The number of likely N-dealkylation sites (tertiary alicyclic amines) is 1. The van der Waals surface area contributed by atoms with E-state index in [0.717, 1.165) is 16.9 Å². The maximum Gasteiger partial charge on any atom is 0.327 e. The van der Waals surface area contributed by atoms with E-state index < -0.39 is 11.3 Å². The van der Waals surface area contributed by atoms with Gasteiger partial charge in [0.25, 0.3) is 5.91 Å². The molecule has 12 heteroatoms. The first-order chi connectivity index (χ1) is 22.7. The van der Waals surface area contributed by atoms with Crippen LogP contribution in [-0.2, 0) is 14.3 Å². The molecule has 5 heterocycles. The summed E-state index contributed by atoms with van der Waals surface area (Å²) in [7, 11) is 0. The minimum absolute atomic E-state index is 0.103. The highest BCUT2D eigenvalue weighted by molar-refractivity contribution is 8.01. The average molecular weight is 651 g/mol. The van der Waals surface area contributed by atoms with E-state index in [-0.39, 0.29) is 34.9 Å². The lowest BCUT2D eigenvalue weighted by atomic mass is 9.86. The summed E-state index contributed by atoms with van der Waals surface area (Å²) in [5.74, 6) is 0.818. The number of carbonyl (C=O) groups excluding carboxylic acids is 3. The van der Waals surface area contributed by atoms with Crippen LogP contribution in [0.5, 0.6) is 11.5 Å². The zero-order chi connectivity index (χ0) is 32.7. The van der Waals surface area contributed by atoms with Gasteiger partial charge in [-0.1, -0.05) is 43.0 Å². The maximum atomic E-state index is 13.8. The summed E-state index contributed by atoms with van der Waals surface area (Å²) in [5.41, 5.74) is 2.82. The summed E-state index contributed by atoms with van der Waals surface area (Å²) in [6.07, 6.45) is 4.77. The SMILES string of the molecule is Cc1cc(Oc2ccccc2)ccc1N1C(=O)NC2c3c1ccnc3S[C@H]2C(=O)NC1CCCN(C(=O)/C(C#N)=C/C2(C)COC2)C1. The van der Waals surface area contributed by atoms with E-state index in [2.05, 4.69) is 21.7 Å². The fraction of sp³-hybridized carbons (Fsp3) is 0.343. The third kappa shape index (κ3) is 5.92. The van der Waals surface area contributed by atoms with Crippen molar-refractivity contribution in [2.45, 2.75) is 49.0 Å². The van der Waals surface area contributed by atoms with Crippen molar-refractivity contribution in [3.8, 4) is 17.6 Å². The number of anilines is 2. The Bertz CT molecular complexity index is 1820. The van der Waals surface area contributed by atoms with E-state index >= 15 is 0 Å². The van der Waals surface area contributed by atoms with Gasteiger partial charge in [0, 0.05) is 36.3 Å². The van der Waals surface area contributed by atoms with E-state index in [4.69, 9.17) is 9.47 Å². The van der Waals surface area contributed by atoms with Crippen molar-refractivity contribution in [1.82, 2.24) is 20.5 Å². The minimum Gasteiger partial charge on any atom is -0.457 e. The molecular formula is C35H34N6O5S. The van der Waals surface area contributed by atoms with E-state index in [1.165, 1.54) is 11.8 Å². The number of rotatable bonds is 7. The first-order valence-electron chi connectivity index (χ1n) is 15.6. The molecule has 2 saturated heterocycles. The lowest BCUT2D eigenvalue weighted by Crippen LogP contribution is -2.54. The summed E-state index contributed by atoms with van der Waals surface area (Å²) >= 11 is 1.33. The van der Waals surface area contributed by atoms with Gasteiger partial charge in [-0.3, -0.25) is 14.5 Å². The minimum atomic E-state index is -0.633. The Labute approximate surface area is 276 Å². The molecule has 2 fully saturated rings. The lowest BCUT2D eigenvalue weighted by molar-refractivity contribution is -0.130. The van der Waals surface area contributed by atoms with Crippen LogP contribution in [0.4, 0.5) is 16.2 Å². The van der Waals surface area contributed by atoms with Crippen molar-refractivity contribution in [3.63, 3.8) is 0 Å². The topological polar surface area (TPSA) is 137 Å². The number of pyridine rings is 1. The first-order valence-corrected chi connectivity index (χ1v) is 16.5. The molecule has 1 aromatic heterocycles. The van der Waals surface area contributed by atoms with Crippen LogP contribution in [0, 0.1) is 23.7 Å². The number of hydrogen-bond acceptors (Lipinski definition) is 8. The third-order valence-electron chi connectivity index (χ3n) is 8.91. The number of nitrogens with zero attached hydrogens (tertiary/aromatic N) is 4. The van der Waals surface area contributed by atoms with Crippen LogP contribution in [0.1, 0.15) is 36.9 Å². The van der Waals surface area contributed by atoms with Gasteiger partial charge in [0.05, 0.1) is 30.6 Å². The standard InChI is InChI=1S/C35H34N6O5S/c1-21-15-25(46-24-8-4-3-5-9-24)10-11-26(21)41-27-12-13-37-32-28(27)29(39-34(41)44)30(47-32)31(42)38-23-7-6-14-40(18-23)33(43)22(17-36)16-35(2)19-45-20-35/h3-5,8-13,15-16,23,29-30H,6-7,14,18-20H2,1-2H3,(H,38,42)(H,39,44)/b22-16+/t23?,29?,30-/m1/s1. The number of urea groups is 1. The predicted molar refractivity (Wildman–Crippen MR) is 175 cm³/mol. The summed E-state index contributed by atoms with van der Waals surface area (Å²) < 4.78 is 11.3. The smallest absolute Gasteiger partial charge is 0.327 e. The first kappa shape index (κ1) is 30.8. The number of thioether (sulfide) groups is 1. The number of aryl methyl sites for hydroxylation is 1. The van der Waals surface area contributed by atoms with Crippen molar-refractivity contribution in [2.24, 2.45) is 5.41 Å². The Morgan fingerprint density at radius 2 is 1.98 bits per heavy atom. The molecule has 11 nitrogen and oxygen atoms in total. The van der Waals surface area contributed by atoms with Gasteiger partial charge in [-0.2, -0.15) is 5.26 Å². The van der Waals surface area contributed by atoms with Crippen molar-refractivity contribution in [2.75, 3.05) is 31.2 Å². The van der Waals surface area contributed by atoms with Crippen LogP contribution in [0.3, 0.4) is 0 Å². The normalized spacial score (nSPS) is 22.8. The molecule has 4 aliphatic rings. The fourth-order valence-electron chi connectivity index (χ4n) is 6.56. The van der Waals surface area contributed by atoms with E-state index in [1.807, 2.05) is 62.4 Å². The van der Waals surface area contributed by atoms with Gasteiger partial charge < -0.3 is 25.0 Å². The summed E-state index contributed by atoms with van der Waals surface area (Å²) in [5, 5.41) is 16.0. The molecule has 2 unspecified atom stereocenters. The van der Waals surface area contributed by atoms with Gasteiger partial charge in [-0.25, -0.2) is 9.78 Å². The van der Waals surface area contributed by atoms with Crippen molar-refractivity contribution in [1.29, 1.82) is 5.26 Å². The maximum absolute atomic E-state index is 13.8. The van der Waals surface area contributed by atoms with Gasteiger partial charge in [0.1, 0.15) is 33.4 Å². The second kappa shape index (κ2) is 12.4. The number of amides is 4. The Hall–Kier alpha value is -4.86. The van der Waals surface area contributed by atoms with Crippen LogP contribution < -0.4 is 20.3 Å². The zero-order valence-electron chi connectivity index (χ0n) is 26.1. The number of nitriles is 1. The molecule has 2 N–H and O–H groups in total. The van der Waals surface area contributed by atoms with Crippen LogP contribution in [-0.4, -0.2) is 65.3 Å². The zero-order valence-corrected chi connectivity index (χ0v) is 26.9. The van der Waals surface area contributed by atoms with Crippen LogP contribution in [0.2, 0.25) is 0 Å².